The highest BCUT2D eigenvalue weighted by molar-refractivity contribution is 9.10. The third-order valence-corrected chi connectivity index (χ3v) is 4.25. The Morgan fingerprint density at radius 1 is 1.19 bits per heavy atom. The second-order valence-electron chi connectivity index (χ2n) is 4.95. The van der Waals surface area contributed by atoms with Gasteiger partial charge in [0.15, 0.2) is 0 Å². The average Bonchev–Trinajstić information content (AvgIpc) is 2.30. The van der Waals surface area contributed by atoms with E-state index in [0.717, 1.165) is 10.4 Å². The molecule has 0 aliphatic carbocycles. The van der Waals surface area contributed by atoms with Crippen LogP contribution in [0.4, 0.5) is 0 Å². The maximum Gasteiger partial charge on any atom is 0.0319 e. The Bertz CT molecular complexity index is 325. The van der Waals surface area contributed by atoms with E-state index >= 15 is 0 Å². The minimum absolute atomic E-state index is 0.556. The molecule has 1 nitrogen and oxygen atoms in total. The van der Waals surface area contributed by atoms with Crippen molar-refractivity contribution in [3.05, 3.63) is 34.3 Å². The quantitative estimate of drug-likeness (QED) is 0.784. The summed E-state index contributed by atoms with van der Waals surface area (Å²) in [6.07, 6.45) is 2.70. The number of rotatable bonds is 2. The molecule has 0 aromatic heterocycles. The van der Waals surface area contributed by atoms with Gasteiger partial charge in [0.1, 0.15) is 0 Å². The number of hydrogen-bond acceptors (Lipinski definition) is 1. The van der Waals surface area contributed by atoms with E-state index in [1.807, 2.05) is 0 Å². The van der Waals surface area contributed by atoms with Crippen molar-refractivity contribution in [3.8, 4) is 0 Å². The smallest absolute Gasteiger partial charge is 0.0319 e. The summed E-state index contributed by atoms with van der Waals surface area (Å²) in [5, 5.41) is 0. The van der Waals surface area contributed by atoms with Gasteiger partial charge in [0.25, 0.3) is 0 Å². The van der Waals surface area contributed by atoms with Crippen LogP contribution in [0.5, 0.6) is 0 Å². The van der Waals surface area contributed by atoms with Gasteiger partial charge in [-0.3, -0.25) is 4.90 Å². The first kappa shape index (κ1) is 12.1. The van der Waals surface area contributed by atoms with Crippen molar-refractivity contribution in [1.29, 1.82) is 0 Å². The van der Waals surface area contributed by atoms with Gasteiger partial charge in [0.2, 0.25) is 0 Å². The SMILES string of the molecule is CC1CCN([C@@H](C)c2ccc(Br)cc2)CC1. The van der Waals surface area contributed by atoms with Gasteiger partial charge in [-0.2, -0.15) is 0 Å². The highest BCUT2D eigenvalue weighted by atomic mass is 79.9. The lowest BCUT2D eigenvalue weighted by atomic mass is 9.96. The predicted octanol–water partition coefficient (Wildman–Crippen LogP) is 4.24. The Hall–Kier alpha value is -0.340. The second-order valence-corrected chi connectivity index (χ2v) is 5.86. The van der Waals surface area contributed by atoms with E-state index in [1.165, 1.54) is 31.5 Å². The number of piperidine rings is 1. The molecule has 1 heterocycles. The minimum Gasteiger partial charge on any atom is -0.297 e. The van der Waals surface area contributed by atoms with Crippen molar-refractivity contribution in [3.63, 3.8) is 0 Å². The fourth-order valence-corrected chi connectivity index (χ4v) is 2.63. The van der Waals surface area contributed by atoms with Gasteiger partial charge in [-0.25, -0.2) is 0 Å². The molecule has 0 amide bonds. The highest BCUT2D eigenvalue weighted by Crippen LogP contribution is 2.26. The van der Waals surface area contributed by atoms with E-state index in [-0.39, 0.29) is 0 Å². The minimum atomic E-state index is 0.556. The van der Waals surface area contributed by atoms with Gasteiger partial charge in [0.05, 0.1) is 0 Å². The Balaban J connectivity index is 2.01. The molecule has 1 aromatic rings. The zero-order valence-electron chi connectivity index (χ0n) is 10.1. The zero-order valence-corrected chi connectivity index (χ0v) is 11.7. The lowest BCUT2D eigenvalue weighted by molar-refractivity contribution is 0.147. The molecular formula is C14H20BrN. The fourth-order valence-electron chi connectivity index (χ4n) is 2.37. The lowest BCUT2D eigenvalue weighted by Crippen LogP contribution is -2.34. The van der Waals surface area contributed by atoms with E-state index in [9.17, 15) is 0 Å². The van der Waals surface area contributed by atoms with Crippen LogP contribution >= 0.6 is 15.9 Å². The number of likely N-dealkylation sites (tertiary alicyclic amines) is 1. The maximum absolute atomic E-state index is 3.48. The summed E-state index contributed by atoms with van der Waals surface area (Å²) < 4.78 is 1.16. The summed E-state index contributed by atoms with van der Waals surface area (Å²) in [4.78, 5) is 2.60. The molecule has 1 atom stereocenters. The largest absolute Gasteiger partial charge is 0.297 e. The molecule has 2 heteroatoms. The van der Waals surface area contributed by atoms with Crippen LogP contribution in [0.25, 0.3) is 0 Å². The summed E-state index contributed by atoms with van der Waals surface area (Å²) in [6.45, 7) is 7.18. The van der Waals surface area contributed by atoms with Gasteiger partial charge in [-0.15, -0.1) is 0 Å². The summed E-state index contributed by atoms with van der Waals surface area (Å²) >= 11 is 3.48. The van der Waals surface area contributed by atoms with E-state index < -0.39 is 0 Å². The van der Waals surface area contributed by atoms with Gasteiger partial charge in [0, 0.05) is 10.5 Å². The van der Waals surface area contributed by atoms with Crippen LogP contribution in [-0.4, -0.2) is 18.0 Å². The summed E-state index contributed by atoms with van der Waals surface area (Å²) in [5.41, 5.74) is 1.43. The summed E-state index contributed by atoms with van der Waals surface area (Å²) in [5.74, 6) is 0.911. The molecule has 0 radical (unpaired) electrons. The zero-order chi connectivity index (χ0) is 11.5. The van der Waals surface area contributed by atoms with Crippen LogP contribution in [0.3, 0.4) is 0 Å². The van der Waals surface area contributed by atoms with Crippen molar-refractivity contribution in [2.24, 2.45) is 5.92 Å². The molecule has 1 saturated heterocycles. The topological polar surface area (TPSA) is 3.24 Å². The molecule has 1 aliphatic heterocycles. The molecule has 1 aliphatic rings. The van der Waals surface area contributed by atoms with Crippen LogP contribution in [-0.2, 0) is 0 Å². The van der Waals surface area contributed by atoms with Crippen LogP contribution in [0.2, 0.25) is 0 Å². The molecule has 0 saturated carbocycles. The van der Waals surface area contributed by atoms with Crippen molar-refractivity contribution in [2.45, 2.75) is 32.7 Å². The van der Waals surface area contributed by atoms with E-state index in [2.05, 4.69) is 58.9 Å². The first-order chi connectivity index (χ1) is 7.66. The van der Waals surface area contributed by atoms with Gasteiger partial charge in [-0.1, -0.05) is 35.0 Å². The molecule has 2 rings (SSSR count). The molecule has 0 unspecified atom stereocenters. The van der Waals surface area contributed by atoms with Crippen molar-refractivity contribution >= 4 is 15.9 Å². The summed E-state index contributed by atoms with van der Waals surface area (Å²) in [6, 6.07) is 9.29. The molecule has 0 spiro atoms. The van der Waals surface area contributed by atoms with E-state index in [0.29, 0.717) is 6.04 Å². The molecular weight excluding hydrogens is 262 g/mol. The Labute approximate surface area is 107 Å². The monoisotopic (exact) mass is 281 g/mol. The molecule has 1 fully saturated rings. The Morgan fingerprint density at radius 3 is 2.31 bits per heavy atom. The number of hydrogen-bond donors (Lipinski definition) is 0. The Kier molecular flexibility index (Phi) is 4.04. The highest BCUT2D eigenvalue weighted by Gasteiger charge is 2.20. The van der Waals surface area contributed by atoms with Crippen molar-refractivity contribution in [1.82, 2.24) is 4.90 Å². The molecule has 1 aromatic carbocycles. The molecule has 88 valence electrons. The number of halogens is 1. The number of benzene rings is 1. The summed E-state index contributed by atoms with van der Waals surface area (Å²) in [7, 11) is 0. The van der Waals surface area contributed by atoms with Crippen LogP contribution in [0.1, 0.15) is 38.3 Å². The normalized spacial score (nSPS) is 20.9. The van der Waals surface area contributed by atoms with E-state index in [4.69, 9.17) is 0 Å². The van der Waals surface area contributed by atoms with Gasteiger partial charge < -0.3 is 0 Å². The second kappa shape index (κ2) is 5.33. The van der Waals surface area contributed by atoms with Crippen LogP contribution in [0.15, 0.2) is 28.7 Å². The van der Waals surface area contributed by atoms with E-state index in [1.54, 1.807) is 0 Å². The van der Waals surface area contributed by atoms with Gasteiger partial charge in [-0.05, 0) is 56.5 Å². The van der Waals surface area contributed by atoms with Crippen LogP contribution < -0.4 is 0 Å². The fraction of sp³-hybridized carbons (Fsp3) is 0.571. The maximum atomic E-state index is 3.48. The third-order valence-electron chi connectivity index (χ3n) is 3.72. The van der Waals surface area contributed by atoms with Crippen LogP contribution in [0, 0.1) is 5.92 Å². The Morgan fingerprint density at radius 2 is 1.75 bits per heavy atom. The average molecular weight is 282 g/mol. The first-order valence-corrected chi connectivity index (χ1v) is 6.95. The predicted molar refractivity (Wildman–Crippen MR) is 72.5 cm³/mol. The third kappa shape index (κ3) is 2.86. The van der Waals surface area contributed by atoms with Gasteiger partial charge >= 0.3 is 0 Å². The molecule has 0 bridgehead atoms. The lowest BCUT2D eigenvalue weighted by Gasteiger charge is -2.35. The number of nitrogens with zero attached hydrogens (tertiary/aromatic N) is 1. The standard InChI is InChI=1S/C14H20BrN/c1-11-7-9-16(10-8-11)12(2)13-3-5-14(15)6-4-13/h3-6,11-12H,7-10H2,1-2H3/t12-/m0/s1. The molecule has 0 N–H and O–H groups in total. The first-order valence-electron chi connectivity index (χ1n) is 6.16. The van der Waals surface area contributed by atoms with Crippen molar-refractivity contribution in [2.75, 3.05) is 13.1 Å². The van der Waals surface area contributed by atoms with Crippen molar-refractivity contribution < 1.29 is 0 Å². The molecule has 16 heavy (non-hydrogen) atoms.